The van der Waals surface area contributed by atoms with Crippen molar-refractivity contribution in [3.8, 4) is 28.2 Å². The van der Waals surface area contributed by atoms with E-state index in [9.17, 15) is 0 Å². The Bertz CT molecular complexity index is 2970. The lowest BCUT2D eigenvalue weighted by Crippen LogP contribution is -1.99. The number of fused-ring (bicyclic) bond motifs is 10. The van der Waals surface area contributed by atoms with Crippen LogP contribution in [0.15, 0.2) is 158 Å². The highest BCUT2D eigenvalue weighted by molar-refractivity contribution is 6.24. The van der Waals surface area contributed by atoms with Gasteiger partial charge in [0.15, 0.2) is 5.65 Å². The van der Waals surface area contributed by atoms with Crippen LogP contribution in [0.4, 0.5) is 0 Å². The predicted octanol–water partition coefficient (Wildman–Crippen LogP) is 11.2. The van der Waals surface area contributed by atoms with E-state index >= 15 is 0 Å². The van der Waals surface area contributed by atoms with Crippen LogP contribution in [0.25, 0.3) is 99.1 Å². The van der Waals surface area contributed by atoms with Crippen LogP contribution in [0.1, 0.15) is 0 Å². The molecule has 0 N–H and O–H groups in total. The van der Waals surface area contributed by atoms with Gasteiger partial charge in [-0.2, -0.15) is 0 Å². The number of aromatic nitrogens is 4. The Balaban J connectivity index is 1.13. The van der Waals surface area contributed by atoms with E-state index in [-0.39, 0.29) is 0 Å². The zero-order valence-electron chi connectivity index (χ0n) is 25.8. The second-order valence-corrected chi connectivity index (χ2v) is 12.7. The third-order valence-electron chi connectivity index (χ3n) is 10.0. The van der Waals surface area contributed by atoms with E-state index in [1.54, 1.807) is 0 Å². The molecule has 0 aliphatic rings. The Hall–Kier alpha value is -6.52. The van der Waals surface area contributed by atoms with Gasteiger partial charge in [0.1, 0.15) is 5.82 Å². The minimum absolute atomic E-state index is 0.738. The van der Waals surface area contributed by atoms with E-state index in [0.29, 0.717) is 0 Å². The van der Waals surface area contributed by atoms with E-state index in [2.05, 4.69) is 148 Å². The Morgan fingerprint density at radius 2 is 0.958 bits per heavy atom. The molecule has 0 aliphatic heterocycles. The van der Waals surface area contributed by atoms with Gasteiger partial charge in [0.2, 0.25) is 0 Å². The summed E-state index contributed by atoms with van der Waals surface area (Å²) in [6.07, 6.45) is 0. The summed E-state index contributed by atoms with van der Waals surface area (Å²) in [6, 6.07) is 56.5. The maximum atomic E-state index is 5.14. The van der Waals surface area contributed by atoms with Gasteiger partial charge in [-0.25, -0.2) is 9.97 Å². The summed E-state index contributed by atoms with van der Waals surface area (Å²) in [5.41, 5.74) is 11.2. The van der Waals surface area contributed by atoms with Gasteiger partial charge < -0.3 is 4.40 Å². The highest BCUT2D eigenvalue weighted by atomic mass is 15.1. The summed E-state index contributed by atoms with van der Waals surface area (Å²) in [4.78, 5) is 10.1. The van der Waals surface area contributed by atoms with Crippen LogP contribution in [-0.4, -0.2) is 18.9 Å². The minimum atomic E-state index is 0.738. The highest BCUT2D eigenvalue weighted by Gasteiger charge is 2.20. The fourth-order valence-corrected chi connectivity index (χ4v) is 7.90. The third-order valence-corrected chi connectivity index (χ3v) is 10.0. The maximum Gasteiger partial charge on any atom is 0.162 e. The molecular formula is C44H26N4. The molecule has 0 saturated heterocycles. The Kier molecular flexibility index (Phi) is 5.08. The predicted molar refractivity (Wildman–Crippen MR) is 199 cm³/mol. The molecule has 0 saturated carbocycles. The van der Waals surface area contributed by atoms with E-state index in [1.807, 2.05) is 18.2 Å². The van der Waals surface area contributed by atoms with Crippen LogP contribution in [0.2, 0.25) is 0 Å². The maximum absolute atomic E-state index is 5.14. The van der Waals surface area contributed by atoms with E-state index in [1.165, 1.54) is 60.0 Å². The van der Waals surface area contributed by atoms with Gasteiger partial charge in [-0.1, -0.05) is 91.0 Å². The molecular weight excluding hydrogens is 585 g/mol. The van der Waals surface area contributed by atoms with Gasteiger partial charge in [-0.3, -0.25) is 4.57 Å². The van der Waals surface area contributed by atoms with Crippen molar-refractivity contribution in [1.82, 2.24) is 18.9 Å². The molecule has 0 amide bonds. The second-order valence-electron chi connectivity index (χ2n) is 12.7. The van der Waals surface area contributed by atoms with Crippen molar-refractivity contribution in [1.29, 1.82) is 0 Å². The molecule has 0 bridgehead atoms. The fourth-order valence-electron chi connectivity index (χ4n) is 7.90. The number of benzene rings is 6. The topological polar surface area (TPSA) is 35.1 Å². The molecule has 0 unspecified atom stereocenters. The largest absolute Gasteiger partial charge is 0.308 e. The first-order valence-electron chi connectivity index (χ1n) is 16.3. The summed E-state index contributed by atoms with van der Waals surface area (Å²) in [7, 11) is 0. The van der Waals surface area contributed by atoms with Gasteiger partial charge in [0.05, 0.1) is 33.3 Å². The highest BCUT2D eigenvalue weighted by Crippen LogP contribution is 2.42. The van der Waals surface area contributed by atoms with Crippen LogP contribution in [0.3, 0.4) is 0 Å². The molecule has 11 aromatic rings. The summed E-state index contributed by atoms with van der Waals surface area (Å²) in [6.45, 7) is 0. The summed E-state index contributed by atoms with van der Waals surface area (Å²) in [5.74, 6) is 0.859. The van der Waals surface area contributed by atoms with Crippen molar-refractivity contribution in [3.05, 3.63) is 158 Å². The number of hydrogen-bond acceptors (Lipinski definition) is 2. The zero-order valence-corrected chi connectivity index (χ0v) is 25.8. The Morgan fingerprint density at radius 3 is 1.69 bits per heavy atom. The van der Waals surface area contributed by atoms with Crippen LogP contribution < -0.4 is 0 Å². The van der Waals surface area contributed by atoms with Crippen molar-refractivity contribution in [2.24, 2.45) is 0 Å². The normalized spacial score (nSPS) is 12.2. The van der Waals surface area contributed by atoms with Crippen LogP contribution >= 0.6 is 0 Å². The smallest absolute Gasteiger partial charge is 0.162 e. The standard InChI is InChI=1S/C44H26N4/c1-2-10-27(11-3-1)37-21-18-28-20-23-42(46-44(28)45-37)47-38-15-7-4-12-31(38)34-24-29(19-22-41(34)47)30-25-35-32-13-5-8-16-39(32)48-40-17-9-6-14-33(40)36(26-30)43(35)48/h1-26H. The molecule has 6 aromatic carbocycles. The minimum Gasteiger partial charge on any atom is -0.308 e. The zero-order chi connectivity index (χ0) is 31.3. The lowest BCUT2D eigenvalue weighted by atomic mass is 9.98. The van der Waals surface area contributed by atoms with E-state index < -0.39 is 0 Å². The molecule has 0 spiro atoms. The van der Waals surface area contributed by atoms with Gasteiger partial charge in [-0.05, 0) is 77.9 Å². The molecule has 4 heteroatoms. The van der Waals surface area contributed by atoms with Crippen molar-refractivity contribution >= 4 is 70.9 Å². The lowest BCUT2D eigenvalue weighted by molar-refractivity contribution is 1.09. The quantitative estimate of drug-likeness (QED) is 0.199. The lowest BCUT2D eigenvalue weighted by Gasteiger charge is -2.09. The van der Waals surface area contributed by atoms with Crippen molar-refractivity contribution in [3.63, 3.8) is 0 Å². The molecule has 5 aromatic heterocycles. The van der Waals surface area contributed by atoms with Gasteiger partial charge in [0.25, 0.3) is 0 Å². The number of rotatable bonds is 3. The SMILES string of the molecule is c1ccc(-c2ccc3ccc(-n4c5ccccc5c5cc(-c6cc7c8ccccc8n8c9ccccc9c(c6)c78)ccc54)nc3n2)cc1. The molecule has 0 fully saturated rings. The summed E-state index contributed by atoms with van der Waals surface area (Å²) >= 11 is 0. The molecule has 0 atom stereocenters. The average Bonchev–Trinajstić information content (AvgIpc) is 3.79. The van der Waals surface area contributed by atoms with Gasteiger partial charge in [-0.15, -0.1) is 0 Å². The third kappa shape index (κ3) is 3.49. The molecule has 48 heavy (non-hydrogen) atoms. The monoisotopic (exact) mass is 610 g/mol. The van der Waals surface area contributed by atoms with E-state index in [0.717, 1.165) is 39.1 Å². The fraction of sp³-hybridized carbons (Fsp3) is 0. The molecule has 4 nitrogen and oxygen atoms in total. The van der Waals surface area contributed by atoms with Gasteiger partial charge >= 0.3 is 0 Å². The molecule has 0 aliphatic carbocycles. The second kappa shape index (κ2) is 9.50. The summed E-state index contributed by atoms with van der Waals surface area (Å²) in [5, 5.41) is 8.58. The summed E-state index contributed by atoms with van der Waals surface area (Å²) < 4.78 is 4.71. The van der Waals surface area contributed by atoms with Crippen LogP contribution in [0.5, 0.6) is 0 Å². The van der Waals surface area contributed by atoms with Crippen LogP contribution in [0, 0.1) is 0 Å². The number of nitrogens with zero attached hydrogens (tertiary/aromatic N) is 4. The first kappa shape index (κ1) is 25.6. The van der Waals surface area contributed by atoms with Crippen molar-refractivity contribution in [2.75, 3.05) is 0 Å². The molecule has 222 valence electrons. The average molecular weight is 611 g/mol. The molecule has 5 heterocycles. The molecule has 0 radical (unpaired) electrons. The van der Waals surface area contributed by atoms with Crippen LogP contribution in [-0.2, 0) is 0 Å². The first-order valence-corrected chi connectivity index (χ1v) is 16.3. The Labute approximate surface area is 275 Å². The van der Waals surface area contributed by atoms with Crippen molar-refractivity contribution in [2.45, 2.75) is 0 Å². The number of pyridine rings is 2. The molecule has 11 rings (SSSR count). The first-order chi connectivity index (χ1) is 23.8. The van der Waals surface area contributed by atoms with Gasteiger partial charge in [0, 0.05) is 43.3 Å². The Morgan fingerprint density at radius 1 is 0.375 bits per heavy atom. The van der Waals surface area contributed by atoms with Crippen molar-refractivity contribution < 1.29 is 0 Å². The number of hydrogen-bond donors (Lipinski definition) is 0. The van der Waals surface area contributed by atoms with E-state index in [4.69, 9.17) is 9.97 Å². The number of para-hydroxylation sites is 3.